The predicted octanol–water partition coefficient (Wildman–Crippen LogP) is 3.21. The molecule has 3 heterocycles. The molecule has 1 amide bonds. The zero-order valence-electron chi connectivity index (χ0n) is 19.2. The number of nitrogens with zero attached hydrogens (tertiary/aromatic N) is 4. The average molecular weight is 469 g/mol. The number of ether oxygens (including phenoxy) is 1. The van der Waals surface area contributed by atoms with E-state index in [1.54, 1.807) is 16.5 Å². The van der Waals surface area contributed by atoms with Crippen LogP contribution in [-0.2, 0) is 4.79 Å². The molecule has 176 valence electrons. The summed E-state index contributed by atoms with van der Waals surface area (Å²) in [6.45, 7) is 2.71. The number of hydrogen-bond donors (Lipinski definition) is 2. The van der Waals surface area contributed by atoms with Crippen molar-refractivity contribution in [1.29, 1.82) is 0 Å². The minimum atomic E-state index is -0.365. The largest absolute Gasteiger partial charge is 0.457 e. The van der Waals surface area contributed by atoms with E-state index in [2.05, 4.69) is 22.0 Å². The van der Waals surface area contributed by atoms with E-state index in [0.29, 0.717) is 41.1 Å². The number of H-pyrrole nitrogens is 1. The lowest BCUT2D eigenvalue weighted by atomic mass is 9.93. The number of carbonyl (C=O) groups is 1. The van der Waals surface area contributed by atoms with Crippen LogP contribution in [0.4, 0.5) is 5.82 Å². The number of aromatic amines is 1. The van der Waals surface area contributed by atoms with Gasteiger partial charge in [-0.2, -0.15) is 10.2 Å². The normalized spacial score (nSPS) is 15.5. The Balaban J connectivity index is 1.53. The molecule has 0 unspecified atom stereocenters. The van der Waals surface area contributed by atoms with Gasteiger partial charge in [-0.25, -0.2) is 9.78 Å². The monoisotopic (exact) mass is 468 g/mol. The van der Waals surface area contributed by atoms with E-state index in [4.69, 9.17) is 15.6 Å². The van der Waals surface area contributed by atoms with Gasteiger partial charge in [0.1, 0.15) is 17.0 Å². The number of amides is 1. The van der Waals surface area contributed by atoms with E-state index in [1.165, 1.54) is 0 Å². The Labute approximate surface area is 201 Å². The molecule has 4 aromatic rings. The minimum Gasteiger partial charge on any atom is -0.457 e. The molecular weight excluding hydrogens is 444 g/mol. The number of anilines is 1. The molecule has 2 aromatic heterocycles. The molecule has 1 fully saturated rings. The fraction of sp³-hybridized carbons (Fsp3) is 0.231. The highest BCUT2D eigenvalue weighted by Gasteiger charge is 2.30. The number of likely N-dealkylation sites (tertiary alicyclic amines) is 1. The molecule has 1 aliphatic rings. The standard InChI is InChI=1S/C26H24N6O3/c1-2-7-21(33)31-15-6-8-17(16-31)23-22-24(25(27)28-29-26(22)34)32(30-23)18-11-13-20(14-12-18)35-19-9-4-3-5-10-19/h3-5,9-14,17H,6,8,15-16H2,1H3,(H2,27,28)(H,29,34)/t17-/m1/s1. The Kier molecular flexibility index (Phi) is 5.94. The van der Waals surface area contributed by atoms with Crippen molar-refractivity contribution < 1.29 is 9.53 Å². The third kappa shape index (κ3) is 4.34. The van der Waals surface area contributed by atoms with Gasteiger partial charge in [0.05, 0.1) is 16.8 Å². The molecule has 9 heteroatoms. The molecule has 0 spiro atoms. The number of carbonyl (C=O) groups excluding carboxylic acids is 1. The maximum absolute atomic E-state index is 12.9. The highest BCUT2D eigenvalue weighted by Crippen LogP contribution is 2.33. The van der Waals surface area contributed by atoms with Crippen molar-refractivity contribution in [2.45, 2.75) is 25.7 Å². The summed E-state index contributed by atoms with van der Waals surface area (Å²) >= 11 is 0. The van der Waals surface area contributed by atoms with E-state index < -0.39 is 0 Å². The Hall–Kier alpha value is -4.58. The first kappa shape index (κ1) is 22.2. The lowest BCUT2D eigenvalue weighted by molar-refractivity contribution is -0.126. The van der Waals surface area contributed by atoms with Crippen LogP contribution in [0.5, 0.6) is 11.5 Å². The van der Waals surface area contributed by atoms with Crippen LogP contribution in [0.15, 0.2) is 59.4 Å². The third-order valence-corrected chi connectivity index (χ3v) is 6.05. The van der Waals surface area contributed by atoms with Crippen molar-refractivity contribution in [1.82, 2.24) is 24.9 Å². The Morgan fingerprint density at radius 2 is 1.89 bits per heavy atom. The molecule has 0 aliphatic carbocycles. The van der Waals surface area contributed by atoms with Crippen molar-refractivity contribution in [2.75, 3.05) is 18.8 Å². The van der Waals surface area contributed by atoms with Crippen molar-refractivity contribution in [3.63, 3.8) is 0 Å². The number of para-hydroxylation sites is 1. The zero-order valence-corrected chi connectivity index (χ0v) is 19.2. The maximum Gasteiger partial charge on any atom is 0.298 e. The average Bonchev–Trinajstić information content (AvgIpc) is 3.30. The first-order chi connectivity index (χ1) is 17.0. The number of nitrogen functional groups attached to an aromatic ring is 1. The van der Waals surface area contributed by atoms with Crippen molar-refractivity contribution in [2.24, 2.45) is 0 Å². The fourth-order valence-electron chi connectivity index (χ4n) is 4.44. The smallest absolute Gasteiger partial charge is 0.298 e. The summed E-state index contributed by atoms with van der Waals surface area (Å²) in [5.74, 6) is 6.48. The number of nitrogens with two attached hydrogens (primary N) is 1. The summed E-state index contributed by atoms with van der Waals surface area (Å²) in [5.41, 5.74) is 7.59. The highest BCUT2D eigenvalue weighted by molar-refractivity contribution is 5.94. The molecule has 2 aromatic carbocycles. The van der Waals surface area contributed by atoms with E-state index in [9.17, 15) is 9.59 Å². The van der Waals surface area contributed by atoms with Crippen molar-refractivity contribution in [3.8, 4) is 29.0 Å². The molecule has 0 saturated carbocycles. The quantitative estimate of drug-likeness (QED) is 0.444. The van der Waals surface area contributed by atoms with Gasteiger partial charge in [0.15, 0.2) is 5.82 Å². The summed E-state index contributed by atoms with van der Waals surface area (Å²) in [7, 11) is 0. The van der Waals surface area contributed by atoms with Crippen LogP contribution in [0.3, 0.4) is 0 Å². The lowest BCUT2D eigenvalue weighted by Gasteiger charge is -2.30. The molecule has 3 N–H and O–H groups in total. The van der Waals surface area contributed by atoms with E-state index >= 15 is 0 Å². The molecule has 1 saturated heterocycles. The number of hydrogen-bond acceptors (Lipinski definition) is 6. The molecule has 1 aliphatic heterocycles. The summed E-state index contributed by atoms with van der Waals surface area (Å²) in [6.07, 6.45) is 1.58. The van der Waals surface area contributed by atoms with Crippen LogP contribution in [0.25, 0.3) is 16.6 Å². The Morgan fingerprint density at radius 3 is 2.63 bits per heavy atom. The number of piperidine rings is 1. The summed E-state index contributed by atoms with van der Waals surface area (Å²) in [5, 5.41) is 11.6. The lowest BCUT2D eigenvalue weighted by Crippen LogP contribution is -2.38. The second-order valence-corrected chi connectivity index (χ2v) is 8.33. The van der Waals surface area contributed by atoms with Crippen LogP contribution < -0.4 is 16.0 Å². The van der Waals surface area contributed by atoms with Gasteiger partial charge in [0, 0.05) is 19.0 Å². The van der Waals surface area contributed by atoms with Gasteiger partial charge in [-0.1, -0.05) is 24.1 Å². The summed E-state index contributed by atoms with van der Waals surface area (Å²) in [4.78, 5) is 26.9. The fourth-order valence-corrected chi connectivity index (χ4v) is 4.44. The van der Waals surface area contributed by atoms with Gasteiger partial charge in [0.25, 0.3) is 11.5 Å². The maximum atomic E-state index is 12.9. The second-order valence-electron chi connectivity index (χ2n) is 8.33. The second kappa shape index (κ2) is 9.35. The molecule has 0 radical (unpaired) electrons. The first-order valence-electron chi connectivity index (χ1n) is 11.4. The van der Waals surface area contributed by atoms with Crippen molar-refractivity contribution in [3.05, 3.63) is 70.6 Å². The van der Waals surface area contributed by atoms with Gasteiger partial charge < -0.3 is 15.4 Å². The molecule has 9 nitrogen and oxygen atoms in total. The Morgan fingerprint density at radius 1 is 1.14 bits per heavy atom. The van der Waals surface area contributed by atoms with Gasteiger partial charge in [-0.05, 0) is 62.1 Å². The van der Waals surface area contributed by atoms with Crippen LogP contribution in [0.2, 0.25) is 0 Å². The highest BCUT2D eigenvalue weighted by atomic mass is 16.5. The molecular formula is C26H24N6O3. The zero-order chi connectivity index (χ0) is 24.4. The van der Waals surface area contributed by atoms with Gasteiger partial charge >= 0.3 is 0 Å². The van der Waals surface area contributed by atoms with E-state index in [-0.39, 0.29) is 23.2 Å². The number of rotatable bonds is 4. The van der Waals surface area contributed by atoms with Crippen molar-refractivity contribution >= 4 is 22.6 Å². The molecule has 35 heavy (non-hydrogen) atoms. The summed E-state index contributed by atoms with van der Waals surface area (Å²) in [6, 6.07) is 16.9. The number of benzene rings is 2. The third-order valence-electron chi connectivity index (χ3n) is 6.05. The first-order valence-corrected chi connectivity index (χ1v) is 11.4. The van der Waals surface area contributed by atoms with Gasteiger partial charge in [0.2, 0.25) is 0 Å². The molecule has 5 rings (SSSR count). The van der Waals surface area contributed by atoms with Crippen LogP contribution in [0, 0.1) is 11.8 Å². The SMILES string of the molecule is CC#CC(=O)N1CCC[C@@H](c2nn(-c3ccc(Oc4ccccc4)cc3)c3c(N)n[nH]c(=O)c23)C1. The predicted molar refractivity (Wildman–Crippen MR) is 132 cm³/mol. The van der Waals surface area contributed by atoms with Crippen LogP contribution in [0.1, 0.15) is 31.4 Å². The van der Waals surface area contributed by atoms with E-state index in [0.717, 1.165) is 18.6 Å². The molecule has 0 bridgehead atoms. The Bertz CT molecular complexity index is 1500. The van der Waals surface area contributed by atoms with Crippen LogP contribution >= 0.6 is 0 Å². The number of nitrogens with one attached hydrogen (secondary N) is 1. The minimum absolute atomic E-state index is 0.126. The van der Waals surface area contributed by atoms with Gasteiger partial charge in [-0.15, -0.1) is 0 Å². The molecule has 1 atom stereocenters. The number of aromatic nitrogens is 4. The summed E-state index contributed by atoms with van der Waals surface area (Å²) < 4.78 is 7.52. The number of fused-ring (bicyclic) bond motifs is 1. The van der Waals surface area contributed by atoms with Gasteiger partial charge in [-0.3, -0.25) is 9.59 Å². The van der Waals surface area contributed by atoms with Crippen LogP contribution in [-0.4, -0.2) is 43.9 Å². The van der Waals surface area contributed by atoms with E-state index in [1.807, 2.05) is 54.6 Å². The topological polar surface area (TPSA) is 119 Å².